The zero-order valence-corrected chi connectivity index (χ0v) is 11.7. The summed E-state index contributed by atoms with van der Waals surface area (Å²) in [6, 6.07) is 0.574. The Morgan fingerprint density at radius 3 is 2.28 bits per heavy atom. The molecule has 1 saturated carbocycles. The van der Waals surface area contributed by atoms with E-state index in [9.17, 15) is 4.79 Å². The van der Waals surface area contributed by atoms with Gasteiger partial charge in [-0.1, -0.05) is 19.3 Å². The molecule has 1 amide bonds. The third-order valence-electron chi connectivity index (χ3n) is 5.51. The van der Waals surface area contributed by atoms with E-state index in [0.717, 1.165) is 38.9 Å². The second-order valence-electron chi connectivity index (χ2n) is 6.62. The minimum Gasteiger partial charge on any atom is -0.339 e. The van der Waals surface area contributed by atoms with Crippen LogP contribution in [-0.4, -0.2) is 48.4 Å². The molecule has 2 aliphatic heterocycles. The van der Waals surface area contributed by atoms with Gasteiger partial charge in [0, 0.05) is 12.6 Å². The number of rotatable bonds is 1. The zero-order chi connectivity index (χ0) is 12.6. The smallest absolute Gasteiger partial charge is 0.229 e. The van der Waals surface area contributed by atoms with Crippen LogP contribution < -0.4 is 0 Å². The molecule has 3 aliphatic rings. The molecule has 102 valence electrons. The Kier molecular flexibility index (Phi) is 3.35. The van der Waals surface area contributed by atoms with Gasteiger partial charge in [-0.15, -0.1) is 0 Å². The third-order valence-corrected chi connectivity index (χ3v) is 5.51. The number of hydrogen-bond acceptors (Lipinski definition) is 2. The normalized spacial score (nSPS) is 30.3. The lowest BCUT2D eigenvalue weighted by atomic mass is 9.77. The monoisotopic (exact) mass is 250 g/mol. The van der Waals surface area contributed by atoms with Crippen LogP contribution in [0.1, 0.15) is 51.4 Å². The van der Waals surface area contributed by atoms with Crippen molar-refractivity contribution < 1.29 is 4.79 Å². The first-order chi connectivity index (χ1) is 8.71. The molecule has 0 aromatic rings. The molecule has 3 heteroatoms. The Morgan fingerprint density at radius 2 is 1.61 bits per heavy atom. The quantitative estimate of drug-likeness (QED) is 0.713. The molecule has 0 N–H and O–H groups in total. The topological polar surface area (TPSA) is 23.6 Å². The number of hydrogen-bond donors (Lipinski definition) is 0. The van der Waals surface area contributed by atoms with E-state index in [4.69, 9.17) is 0 Å². The summed E-state index contributed by atoms with van der Waals surface area (Å²) in [4.78, 5) is 17.4. The Hall–Kier alpha value is -0.570. The highest BCUT2D eigenvalue weighted by Gasteiger charge is 2.49. The number of piperidine rings is 1. The summed E-state index contributed by atoms with van der Waals surface area (Å²) in [5, 5.41) is 0. The Bertz CT molecular complexity index is 314. The molecule has 1 spiro atoms. The second kappa shape index (κ2) is 4.84. The number of carbonyl (C=O) groups excluding carboxylic acids is 1. The van der Waals surface area contributed by atoms with Crippen molar-refractivity contribution in [2.24, 2.45) is 5.41 Å². The maximum atomic E-state index is 12.8. The fourth-order valence-electron chi connectivity index (χ4n) is 4.10. The summed E-state index contributed by atoms with van der Waals surface area (Å²) >= 11 is 0. The van der Waals surface area contributed by atoms with Gasteiger partial charge < -0.3 is 9.80 Å². The fourth-order valence-corrected chi connectivity index (χ4v) is 4.10. The molecule has 2 heterocycles. The second-order valence-corrected chi connectivity index (χ2v) is 6.62. The average molecular weight is 250 g/mol. The van der Waals surface area contributed by atoms with E-state index in [-0.39, 0.29) is 5.41 Å². The number of likely N-dealkylation sites (tertiary alicyclic amines) is 2. The summed E-state index contributed by atoms with van der Waals surface area (Å²) in [5.74, 6) is 0.502. The molecule has 1 aliphatic carbocycles. The van der Waals surface area contributed by atoms with Crippen molar-refractivity contribution in [3.05, 3.63) is 0 Å². The van der Waals surface area contributed by atoms with E-state index < -0.39 is 0 Å². The van der Waals surface area contributed by atoms with E-state index in [1.807, 2.05) is 0 Å². The highest BCUT2D eigenvalue weighted by atomic mass is 16.2. The highest BCUT2D eigenvalue weighted by Crippen LogP contribution is 2.43. The summed E-state index contributed by atoms with van der Waals surface area (Å²) in [6.45, 7) is 3.24. The van der Waals surface area contributed by atoms with Gasteiger partial charge in [0.25, 0.3) is 0 Å². The van der Waals surface area contributed by atoms with Crippen molar-refractivity contribution in [3.63, 3.8) is 0 Å². The first-order valence-electron chi connectivity index (χ1n) is 7.71. The largest absolute Gasteiger partial charge is 0.339 e. The van der Waals surface area contributed by atoms with Gasteiger partial charge in [0.2, 0.25) is 5.91 Å². The molecule has 2 saturated heterocycles. The van der Waals surface area contributed by atoms with Gasteiger partial charge in [-0.05, 0) is 52.2 Å². The molecular formula is C15H26N2O. The maximum Gasteiger partial charge on any atom is 0.229 e. The van der Waals surface area contributed by atoms with Gasteiger partial charge in [0.05, 0.1) is 5.41 Å². The predicted molar refractivity (Wildman–Crippen MR) is 72.4 cm³/mol. The molecule has 3 fully saturated rings. The first-order valence-corrected chi connectivity index (χ1v) is 7.71. The molecule has 0 aromatic heterocycles. The Morgan fingerprint density at radius 1 is 1.00 bits per heavy atom. The molecular weight excluding hydrogens is 224 g/mol. The molecule has 0 unspecified atom stereocenters. The SMILES string of the molecule is CN1CCC2(CC1)CCN(C1CCCCC1)C2=O. The van der Waals surface area contributed by atoms with Crippen LogP contribution in [0.25, 0.3) is 0 Å². The van der Waals surface area contributed by atoms with Crippen molar-refractivity contribution in [2.75, 3.05) is 26.7 Å². The first kappa shape index (κ1) is 12.5. The van der Waals surface area contributed by atoms with Gasteiger partial charge in [0.15, 0.2) is 0 Å². The lowest BCUT2D eigenvalue weighted by Gasteiger charge is -2.38. The summed E-state index contributed by atoms with van der Waals surface area (Å²) in [6.07, 6.45) is 9.82. The molecule has 3 rings (SSSR count). The van der Waals surface area contributed by atoms with Crippen LogP contribution in [0.4, 0.5) is 0 Å². The van der Waals surface area contributed by atoms with Gasteiger partial charge in [0.1, 0.15) is 0 Å². The van der Waals surface area contributed by atoms with Crippen molar-refractivity contribution in [1.29, 1.82) is 0 Å². The predicted octanol–water partition coefficient (Wildman–Crippen LogP) is 2.26. The third kappa shape index (κ3) is 2.07. The summed E-state index contributed by atoms with van der Waals surface area (Å²) in [5.41, 5.74) is 0.0317. The molecule has 0 radical (unpaired) electrons. The van der Waals surface area contributed by atoms with Crippen LogP contribution in [0.5, 0.6) is 0 Å². The molecule has 0 bridgehead atoms. The van der Waals surface area contributed by atoms with Crippen LogP contribution in [0.2, 0.25) is 0 Å². The van der Waals surface area contributed by atoms with Crippen LogP contribution in [0, 0.1) is 5.41 Å². The van der Waals surface area contributed by atoms with E-state index in [0.29, 0.717) is 11.9 Å². The van der Waals surface area contributed by atoms with E-state index >= 15 is 0 Å². The van der Waals surface area contributed by atoms with Gasteiger partial charge in [-0.25, -0.2) is 0 Å². The van der Waals surface area contributed by atoms with E-state index in [2.05, 4.69) is 16.8 Å². The average Bonchev–Trinajstić information content (AvgIpc) is 2.72. The minimum absolute atomic E-state index is 0.0317. The van der Waals surface area contributed by atoms with Crippen molar-refractivity contribution in [2.45, 2.75) is 57.4 Å². The lowest BCUT2D eigenvalue weighted by Crippen LogP contribution is -2.46. The lowest BCUT2D eigenvalue weighted by molar-refractivity contribution is -0.140. The maximum absolute atomic E-state index is 12.8. The number of amides is 1. The Balaban J connectivity index is 1.68. The minimum atomic E-state index is 0.0317. The van der Waals surface area contributed by atoms with Gasteiger partial charge in [-0.3, -0.25) is 4.79 Å². The molecule has 3 nitrogen and oxygen atoms in total. The highest BCUT2D eigenvalue weighted by molar-refractivity contribution is 5.85. The van der Waals surface area contributed by atoms with Crippen LogP contribution in [0.15, 0.2) is 0 Å². The van der Waals surface area contributed by atoms with Gasteiger partial charge in [-0.2, -0.15) is 0 Å². The van der Waals surface area contributed by atoms with Crippen molar-refractivity contribution in [1.82, 2.24) is 9.80 Å². The fraction of sp³-hybridized carbons (Fsp3) is 0.933. The number of nitrogens with zero attached hydrogens (tertiary/aromatic N) is 2. The molecule has 0 aromatic carbocycles. The zero-order valence-electron chi connectivity index (χ0n) is 11.7. The summed E-state index contributed by atoms with van der Waals surface area (Å²) < 4.78 is 0. The van der Waals surface area contributed by atoms with Crippen LogP contribution >= 0.6 is 0 Å². The summed E-state index contributed by atoms with van der Waals surface area (Å²) in [7, 11) is 2.17. The van der Waals surface area contributed by atoms with Gasteiger partial charge >= 0.3 is 0 Å². The molecule has 18 heavy (non-hydrogen) atoms. The Labute approximate surface area is 111 Å². The number of carbonyl (C=O) groups is 1. The van der Waals surface area contributed by atoms with Crippen molar-refractivity contribution >= 4 is 5.91 Å². The van der Waals surface area contributed by atoms with Crippen LogP contribution in [0.3, 0.4) is 0 Å². The van der Waals surface area contributed by atoms with Crippen molar-refractivity contribution in [3.8, 4) is 0 Å². The molecule has 0 atom stereocenters. The standard InChI is InChI=1S/C15H26N2O/c1-16-10-7-15(8-11-16)9-12-17(14(15)18)13-5-3-2-4-6-13/h13H,2-12H2,1H3. The van der Waals surface area contributed by atoms with E-state index in [1.54, 1.807) is 0 Å². The van der Waals surface area contributed by atoms with Crippen LogP contribution in [-0.2, 0) is 4.79 Å². The van der Waals surface area contributed by atoms with E-state index in [1.165, 1.54) is 32.1 Å².